The predicted octanol–water partition coefficient (Wildman–Crippen LogP) is 1.12. The summed E-state index contributed by atoms with van der Waals surface area (Å²) < 4.78 is 11.1. The minimum absolute atomic E-state index is 0.237. The number of fused-ring (bicyclic) bond motifs is 2. The highest BCUT2D eigenvalue weighted by molar-refractivity contribution is 6.28. The first-order chi connectivity index (χ1) is 10.7. The van der Waals surface area contributed by atoms with Crippen molar-refractivity contribution in [3.8, 4) is 0 Å². The van der Waals surface area contributed by atoms with E-state index >= 15 is 0 Å². The van der Waals surface area contributed by atoms with Gasteiger partial charge in [-0.3, -0.25) is 0 Å². The zero-order valence-electron chi connectivity index (χ0n) is 12.6. The Bertz CT molecular complexity index is 544. The minimum atomic E-state index is 0.237. The molecule has 3 fully saturated rings. The fraction of sp³-hybridized carbons (Fsp3) is 0.786. The Labute approximate surface area is 134 Å². The van der Waals surface area contributed by atoms with Gasteiger partial charge in [0, 0.05) is 6.54 Å². The van der Waals surface area contributed by atoms with E-state index in [1.807, 2.05) is 0 Å². The molecule has 3 aliphatic rings. The number of rotatable bonds is 2. The van der Waals surface area contributed by atoms with E-state index in [1.165, 1.54) is 0 Å². The lowest BCUT2D eigenvalue weighted by Crippen LogP contribution is -2.48. The third-order valence-electron chi connectivity index (χ3n) is 4.68. The molecule has 1 aromatic heterocycles. The Kier molecular flexibility index (Phi) is 3.79. The van der Waals surface area contributed by atoms with E-state index < -0.39 is 0 Å². The Morgan fingerprint density at radius 1 is 1.00 bits per heavy atom. The Morgan fingerprint density at radius 2 is 1.73 bits per heavy atom. The number of hydrogen-bond acceptors (Lipinski definition) is 7. The second-order valence-corrected chi connectivity index (χ2v) is 6.49. The van der Waals surface area contributed by atoms with Gasteiger partial charge in [0.05, 0.1) is 44.6 Å². The Morgan fingerprint density at radius 3 is 2.45 bits per heavy atom. The first kappa shape index (κ1) is 14.4. The lowest BCUT2D eigenvalue weighted by molar-refractivity contribution is 0.0895. The molecule has 0 amide bonds. The summed E-state index contributed by atoms with van der Waals surface area (Å²) in [6.07, 6.45) is 2.24. The smallest absolute Gasteiger partial charge is 0.232 e. The maximum absolute atomic E-state index is 6.17. The van der Waals surface area contributed by atoms with Crippen molar-refractivity contribution in [3.05, 3.63) is 5.28 Å². The molecule has 2 bridgehead atoms. The third-order valence-corrected chi connectivity index (χ3v) is 4.85. The highest BCUT2D eigenvalue weighted by Crippen LogP contribution is 2.33. The van der Waals surface area contributed by atoms with Gasteiger partial charge in [-0.05, 0) is 31.4 Å². The second-order valence-electron chi connectivity index (χ2n) is 6.15. The van der Waals surface area contributed by atoms with E-state index in [0.717, 1.165) is 32.6 Å². The van der Waals surface area contributed by atoms with Gasteiger partial charge in [-0.2, -0.15) is 15.0 Å². The van der Waals surface area contributed by atoms with Crippen molar-refractivity contribution in [3.63, 3.8) is 0 Å². The van der Waals surface area contributed by atoms with Gasteiger partial charge in [0.1, 0.15) is 0 Å². The standard InChI is InChI=1S/C14H20ClN5O2/c1-9-6-21-5-4-19(9)13-16-12(15)17-14(18-13)20-10-2-3-11(20)8-22-7-10/h9-11H,2-8H2,1H3. The van der Waals surface area contributed by atoms with Gasteiger partial charge >= 0.3 is 0 Å². The summed E-state index contributed by atoms with van der Waals surface area (Å²) in [6.45, 7) is 5.73. The molecule has 1 aromatic rings. The van der Waals surface area contributed by atoms with Crippen molar-refractivity contribution in [1.82, 2.24) is 15.0 Å². The van der Waals surface area contributed by atoms with Gasteiger partial charge in [0.15, 0.2) is 0 Å². The molecule has 4 heterocycles. The average Bonchev–Trinajstić information content (AvgIpc) is 2.76. The molecule has 0 aromatic carbocycles. The molecule has 0 N–H and O–H groups in total. The quantitative estimate of drug-likeness (QED) is 0.807. The maximum Gasteiger partial charge on any atom is 0.232 e. The molecule has 22 heavy (non-hydrogen) atoms. The van der Waals surface area contributed by atoms with E-state index in [-0.39, 0.29) is 11.3 Å². The average molecular weight is 326 g/mol. The number of aromatic nitrogens is 3. The first-order valence-electron chi connectivity index (χ1n) is 7.84. The summed E-state index contributed by atoms with van der Waals surface area (Å²) in [5, 5.41) is 0.254. The van der Waals surface area contributed by atoms with Crippen molar-refractivity contribution in [1.29, 1.82) is 0 Å². The lowest BCUT2D eigenvalue weighted by Gasteiger charge is -2.36. The van der Waals surface area contributed by atoms with Crippen molar-refractivity contribution < 1.29 is 9.47 Å². The normalized spacial score (nSPS) is 31.6. The van der Waals surface area contributed by atoms with Gasteiger partial charge in [-0.1, -0.05) is 0 Å². The molecule has 0 saturated carbocycles. The van der Waals surface area contributed by atoms with Gasteiger partial charge < -0.3 is 19.3 Å². The SMILES string of the molecule is CC1COCCN1c1nc(Cl)nc(N2C3CCC2COC3)n1. The van der Waals surface area contributed by atoms with E-state index in [4.69, 9.17) is 26.1 Å². The fourth-order valence-corrected chi connectivity index (χ4v) is 3.70. The molecule has 3 aliphatic heterocycles. The van der Waals surface area contributed by atoms with E-state index in [1.54, 1.807) is 0 Å². The molecule has 3 atom stereocenters. The highest BCUT2D eigenvalue weighted by Gasteiger charge is 2.39. The maximum atomic E-state index is 6.17. The van der Waals surface area contributed by atoms with Crippen LogP contribution in [0.3, 0.4) is 0 Å². The van der Waals surface area contributed by atoms with E-state index in [0.29, 0.717) is 37.2 Å². The van der Waals surface area contributed by atoms with Crippen LogP contribution in [0.4, 0.5) is 11.9 Å². The fourth-order valence-electron chi connectivity index (χ4n) is 3.55. The second kappa shape index (κ2) is 5.79. The van der Waals surface area contributed by atoms with Crippen molar-refractivity contribution in [2.45, 2.75) is 37.9 Å². The van der Waals surface area contributed by atoms with Crippen LogP contribution in [-0.4, -0.2) is 66.0 Å². The number of halogens is 1. The van der Waals surface area contributed by atoms with Crippen LogP contribution in [0.5, 0.6) is 0 Å². The van der Waals surface area contributed by atoms with Crippen LogP contribution in [0, 0.1) is 0 Å². The Balaban J connectivity index is 1.66. The zero-order valence-corrected chi connectivity index (χ0v) is 13.4. The summed E-state index contributed by atoms with van der Waals surface area (Å²) in [5.41, 5.74) is 0. The van der Waals surface area contributed by atoms with Crippen LogP contribution in [-0.2, 0) is 9.47 Å². The molecule has 0 spiro atoms. The molecule has 3 saturated heterocycles. The number of nitrogens with zero attached hydrogens (tertiary/aromatic N) is 5. The molecule has 4 rings (SSSR count). The van der Waals surface area contributed by atoms with Crippen LogP contribution in [0.1, 0.15) is 19.8 Å². The van der Waals surface area contributed by atoms with Crippen LogP contribution < -0.4 is 9.80 Å². The minimum Gasteiger partial charge on any atom is -0.377 e. The van der Waals surface area contributed by atoms with Crippen LogP contribution in [0.2, 0.25) is 5.28 Å². The van der Waals surface area contributed by atoms with Crippen molar-refractivity contribution >= 4 is 23.5 Å². The zero-order chi connectivity index (χ0) is 15.1. The van der Waals surface area contributed by atoms with Gasteiger partial charge in [-0.15, -0.1) is 0 Å². The van der Waals surface area contributed by atoms with Gasteiger partial charge in [-0.25, -0.2) is 0 Å². The molecule has 7 nitrogen and oxygen atoms in total. The molecular formula is C14H20ClN5O2. The van der Waals surface area contributed by atoms with Crippen molar-refractivity contribution in [2.24, 2.45) is 0 Å². The van der Waals surface area contributed by atoms with Gasteiger partial charge in [0.2, 0.25) is 17.2 Å². The van der Waals surface area contributed by atoms with E-state index in [2.05, 4.69) is 26.7 Å². The third kappa shape index (κ3) is 2.51. The predicted molar refractivity (Wildman–Crippen MR) is 82.6 cm³/mol. The molecule has 3 unspecified atom stereocenters. The molecule has 8 heteroatoms. The summed E-state index contributed by atoms with van der Waals surface area (Å²) >= 11 is 6.17. The molecule has 0 radical (unpaired) electrons. The summed E-state index contributed by atoms with van der Waals surface area (Å²) in [7, 11) is 0. The topological polar surface area (TPSA) is 63.6 Å². The van der Waals surface area contributed by atoms with Crippen LogP contribution >= 0.6 is 11.6 Å². The summed E-state index contributed by atoms with van der Waals surface area (Å²) in [4.78, 5) is 17.8. The Hall–Kier alpha value is -1.18. The van der Waals surface area contributed by atoms with Gasteiger partial charge in [0.25, 0.3) is 0 Å². The lowest BCUT2D eigenvalue weighted by atomic mass is 10.2. The van der Waals surface area contributed by atoms with Crippen molar-refractivity contribution in [2.75, 3.05) is 42.8 Å². The highest BCUT2D eigenvalue weighted by atomic mass is 35.5. The summed E-state index contributed by atoms with van der Waals surface area (Å²) in [5.74, 6) is 1.33. The largest absolute Gasteiger partial charge is 0.377 e. The van der Waals surface area contributed by atoms with E-state index in [9.17, 15) is 0 Å². The number of hydrogen-bond donors (Lipinski definition) is 0. The number of anilines is 2. The summed E-state index contributed by atoms with van der Waals surface area (Å²) in [6, 6.07) is 0.945. The molecular weight excluding hydrogens is 306 g/mol. The van der Waals surface area contributed by atoms with Crippen LogP contribution in [0.15, 0.2) is 0 Å². The number of morpholine rings is 2. The molecule has 0 aliphatic carbocycles. The number of ether oxygens (including phenoxy) is 2. The van der Waals surface area contributed by atoms with Crippen LogP contribution in [0.25, 0.3) is 0 Å². The molecule has 120 valence electrons. The monoisotopic (exact) mass is 325 g/mol. The first-order valence-corrected chi connectivity index (χ1v) is 8.22.